The molecular weight excluding hydrogens is 1240 g/mol. The molecule has 0 radical (unpaired) electrons. The number of hydrogen-bond acceptors (Lipinski definition) is 23. The lowest BCUT2D eigenvalue weighted by Gasteiger charge is -2.50. The Hall–Kier alpha value is -2.41. The Morgan fingerprint density at radius 1 is 0.604 bits per heavy atom. The average molecular weight is 1380 g/mol. The number of aliphatic hydroxyl groups excluding tert-OH is 16. The molecule has 0 spiro atoms. The van der Waals surface area contributed by atoms with Crippen molar-refractivity contribution in [2.75, 3.05) is 14.1 Å². The lowest BCUT2D eigenvalue weighted by atomic mass is 9.80. The molecule has 0 aromatic rings. The summed E-state index contributed by atoms with van der Waals surface area (Å²) in [5, 5.41) is 191. The Balaban J connectivity index is 1.86. The fraction of sp³-hybridized carbons (Fsp3) is 0.877. The summed E-state index contributed by atoms with van der Waals surface area (Å²) in [6, 6.07) is -0.781. The van der Waals surface area contributed by atoms with Gasteiger partial charge in [-0.25, -0.2) is 0 Å². The normalized spacial score (nSPS) is 44.4. The summed E-state index contributed by atoms with van der Waals surface area (Å²) in [5.74, 6) is -6.42. The van der Waals surface area contributed by atoms with E-state index in [1.165, 1.54) is 12.2 Å². The van der Waals surface area contributed by atoms with E-state index < -0.39 is 182 Å². The highest BCUT2D eigenvalue weighted by Gasteiger charge is 2.53. The minimum Gasteiger partial charge on any atom is -0.458 e. The fourth-order valence-corrected chi connectivity index (χ4v) is 13.6. The number of allylic oxidation sites excluding steroid dienone is 2. The van der Waals surface area contributed by atoms with Crippen LogP contribution >= 0.6 is 0 Å². The molecule has 3 heterocycles. The van der Waals surface area contributed by atoms with Crippen LogP contribution in [0.15, 0.2) is 47.6 Å². The Labute approximate surface area is 573 Å². The van der Waals surface area contributed by atoms with Crippen molar-refractivity contribution >= 4 is 5.97 Å². The van der Waals surface area contributed by atoms with Gasteiger partial charge in [0.2, 0.25) is 0 Å². The summed E-state index contributed by atoms with van der Waals surface area (Å²) in [6.45, 7) is 19.4. The molecule has 96 heavy (non-hydrogen) atoms. The first-order valence-corrected chi connectivity index (χ1v) is 36.0. The molecule has 3 aliphatic rings. The summed E-state index contributed by atoms with van der Waals surface area (Å²) in [7, 11) is 3.40. The number of carbonyl (C=O) groups is 1. The predicted molar refractivity (Wildman–Crippen MR) is 365 cm³/mol. The second-order valence-electron chi connectivity index (χ2n) is 30.0. The number of esters is 1. The van der Waals surface area contributed by atoms with Gasteiger partial charge in [0.25, 0.3) is 0 Å². The molecule has 0 amide bonds. The number of ether oxygens (including phenoxy) is 4. The van der Waals surface area contributed by atoms with Gasteiger partial charge in [-0.2, -0.15) is 0 Å². The fourth-order valence-electron chi connectivity index (χ4n) is 13.6. The van der Waals surface area contributed by atoms with Gasteiger partial charge in [-0.15, -0.1) is 0 Å². The zero-order valence-electron chi connectivity index (χ0n) is 60.1. The van der Waals surface area contributed by atoms with Gasteiger partial charge in [0, 0.05) is 48.9 Å². The lowest BCUT2D eigenvalue weighted by Crippen LogP contribution is -2.64. The topological polar surface area (TPSA) is 401 Å². The van der Waals surface area contributed by atoms with Gasteiger partial charge in [-0.1, -0.05) is 98.1 Å². The lowest BCUT2D eigenvalue weighted by molar-refractivity contribution is -0.351. The van der Waals surface area contributed by atoms with Gasteiger partial charge < -0.3 is 111 Å². The van der Waals surface area contributed by atoms with Crippen molar-refractivity contribution in [1.29, 1.82) is 0 Å². The van der Waals surface area contributed by atoms with E-state index in [1.807, 2.05) is 0 Å². The van der Waals surface area contributed by atoms with E-state index in [0.717, 1.165) is 19.3 Å². The summed E-state index contributed by atoms with van der Waals surface area (Å²) in [4.78, 5) is 15.4. The van der Waals surface area contributed by atoms with E-state index in [1.54, 1.807) is 106 Å². The van der Waals surface area contributed by atoms with Gasteiger partial charge in [-0.05, 0) is 161 Å². The molecule has 2 fully saturated rings. The number of hydrogen-bond donors (Lipinski definition) is 17. The molecule has 23 heteroatoms. The highest BCUT2D eigenvalue weighted by Crippen LogP contribution is 2.42. The summed E-state index contributed by atoms with van der Waals surface area (Å²) in [6.07, 6.45) is -7.60. The molecule has 25 unspecified atom stereocenters. The van der Waals surface area contributed by atoms with Crippen molar-refractivity contribution in [3.8, 4) is 0 Å². The molecule has 2 saturated heterocycles. The first kappa shape index (κ1) is 87.8. The Morgan fingerprint density at radius 3 is 1.80 bits per heavy atom. The number of likely N-dealkylation sites (N-methyl/N-ethyl adjacent to an activating group) is 1. The zero-order valence-corrected chi connectivity index (χ0v) is 60.1. The molecule has 0 aromatic heterocycles. The molecule has 0 aromatic carbocycles. The molecule has 562 valence electrons. The van der Waals surface area contributed by atoms with Gasteiger partial charge in [0.1, 0.15) is 12.2 Å². The van der Waals surface area contributed by atoms with Crippen LogP contribution in [0, 0.1) is 41.4 Å². The SMILES string of the molecule is C/C1=C/C=C/CC(O)C(C)C(O)CCCC(O)CC(O)/C(C)=C/C(CCCCC(C)C)C(O)C(O)CCC(O)CC(O)CC(O)C(C)CCC(O)C(C)C(O)CCCC(O)CC(O)/C=C\C(C)OC(=O)CC2(O)OC(CC(O[C@@H]3O[C@H](C)[C@@H](O)C(N(C)C)[C@H]3O)C2C)C(C)C1O. The van der Waals surface area contributed by atoms with E-state index in [2.05, 4.69) is 13.8 Å². The molecule has 29 atom stereocenters. The number of carbonyl (C=O) groups excluding carboxylic acids is 1. The second kappa shape index (κ2) is 43.5. The smallest absolute Gasteiger partial charge is 0.311 e. The molecule has 0 saturated carbocycles. The molecule has 3 aliphatic heterocycles. The monoisotopic (exact) mass is 1380 g/mol. The molecular formula is C73H133NO22. The number of aliphatic hydroxyl groups is 17. The van der Waals surface area contributed by atoms with Gasteiger partial charge in [-0.3, -0.25) is 4.79 Å². The maximum absolute atomic E-state index is 13.7. The van der Waals surface area contributed by atoms with E-state index >= 15 is 0 Å². The van der Waals surface area contributed by atoms with Crippen molar-refractivity contribution in [2.24, 2.45) is 41.4 Å². The van der Waals surface area contributed by atoms with E-state index in [0.29, 0.717) is 42.7 Å². The number of cyclic esters (lactones) is 1. The highest BCUT2D eigenvalue weighted by atomic mass is 16.7. The van der Waals surface area contributed by atoms with Crippen LogP contribution in [0.2, 0.25) is 0 Å². The summed E-state index contributed by atoms with van der Waals surface area (Å²) < 4.78 is 24.5. The number of nitrogens with zero attached hydrogens (tertiary/aromatic N) is 1. The molecule has 2 bridgehead atoms. The van der Waals surface area contributed by atoms with E-state index in [9.17, 15) is 91.6 Å². The van der Waals surface area contributed by atoms with Crippen LogP contribution in [-0.4, -0.2) is 252 Å². The van der Waals surface area contributed by atoms with E-state index in [-0.39, 0.29) is 89.4 Å². The Kier molecular flexibility index (Phi) is 39.8. The van der Waals surface area contributed by atoms with Crippen molar-refractivity contribution < 1.29 is 111 Å². The summed E-state index contributed by atoms with van der Waals surface area (Å²) >= 11 is 0. The zero-order chi connectivity index (χ0) is 72.5. The quantitative estimate of drug-likeness (QED) is 0.0903. The number of rotatable bonds is 8. The van der Waals surface area contributed by atoms with Crippen molar-refractivity contribution in [3.05, 3.63) is 47.6 Å². The van der Waals surface area contributed by atoms with Crippen LogP contribution in [0.1, 0.15) is 211 Å². The van der Waals surface area contributed by atoms with Gasteiger partial charge in [0.05, 0.1) is 122 Å². The maximum atomic E-state index is 13.7. The maximum Gasteiger partial charge on any atom is 0.311 e. The number of fused-ring (bicyclic) bond motifs is 2. The predicted octanol–water partition coefficient (Wildman–Crippen LogP) is 4.50. The van der Waals surface area contributed by atoms with Gasteiger partial charge in [0.15, 0.2) is 12.1 Å². The van der Waals surface area contributed by atoms with Crippen LogP contribution < -0.4 is 0 Å². The highest BCUT2D eigenvalue weighted by molar-refractivity contribution is 5.71. The third-order valence-corrected chi connectivity index (χ3v) is 20.9. The minimum absolute atomic E-state index is 0.00941. The second-order valence-corrected chi connectivity index (χ2v) is 30.0. The van der Waals surface area contributed by atoms with E-state index in [4.69, 9.17) is 18.9 Å². The van der Waals surface area contributed by atoms with Crippen LogP contribution in [0.3, 0.4) is 0 Å². The van der Waals surface area contributed by atoms with Crippen molar-refractivity contribution in [1.82, 2.24) is 4.90 Å². The van der Waals surface area contributed by atoms with Gasteiger partial charge >= 0.3 is 5.97 Å². The molecule has 3 rings (SSSR count). The first-order chi connectivity index (χ1) is 44.9. The standard InChI is InChI=1S/C73H133NO22/c1-41(2)20-14-16-22-51-34-44(5)63(86)37-53(76)24-19-27-58(81)46(7)57(80)25-17-15-21-43(4)68(88)48(9)64-39-65(95-72-71(91)67(74(12)13)69(89)50(11)94-72)49(10)73(92,96-64)40-66(87)93-45(6)29-30-54(77)35-52(75)23-18-26-59(82)47(8)60(83)32-28-42(3)62(85)38-56(79)36-55(78)31-33-61(84)70(51)90/h15,17,21,29-30,34,41-42,45-65,67-72,75-86,88-92H,14,16,18-20,22-28,31-33,35-40H2,1-13H3/b17-15+,30-29-,43-21-,44-34+/t42?,45?,46?,47?,48?,49?,50-,51?,52?,53?,54?,55?,56?,57?,58?,59?,60?,61?,62?,63?,64?,65?,67?,68?,69-,70?,71-,72+,73?/m1/s1. The minimum atomic E-state index is -2.26. The van der Waals surface area contributed by atoms with Crippen molar-refractivity contribution in [2.45, 2.75) is 351 Å². The molecule has 17 N–H and O–H groups in total. The van der Waals surface area contributed by atoms with Crippen LogP contribution in [0.4, 0.5) is 0 Å². The molecule has 0 aliphatic carbocycles. The summed E-state index contributed by atoms with van der Waals surface area (Å²) in [5.41, 5.74) is 0.999. The van der Waals surface area contributed by atoms with Crippen LogP contribution in [-0.2, 0) is 23.7 Å². The average Bonchev–Trinajstić information content (AvgIpc) is 0.771. The Morgan fingerprint density at radius 2 is 1.19 bits per heavy atom. The Bertz CT molecular complexity index is 2270. The number of unbranched alkanes of at least 4 members (excludes halogenated alkanes) is 1. The van der Waals surface area contributed by atoms with Crippen LogP contribution in [0.25, 0.3) is 0 Å². The largest absolute Gasteiger partial charge is 0.458 e. The third-order valence-electron chi connectivity index (χ3n) is 20.9. The van der Waals surface area contributed by atoms with Crippen LogP contribution in [0.5, 0.6) is 0 Å². The molecule has 23 nitrogen and oxygen atoms in total. The first-order valence-electron chi connectivity index (χ1n) is 36.0. The third kappa shape index (κ3) is 29.9. The van der Waals surface area contributed by atoms with Crippen molar-refractivity contribution in [3.63, 3.8) is 0 Å².